The molecule has 0 saturated heterocycles. The number of aromatic nitrogens is 1. The third-order valence-corrected chi connectivity index (χ3v) is 8.09. The van der Waals surface area contributed by atoms with Crippen molar-refractivity contribution in [2.75, 3.05) is 11.9 Å². The van der Waals surface area contributed by atoms with Gasteiger partial charge in [-0.15, -0.1) is 0 Å². The minimum atomic E-state index is 0.0304. The quantitative estimate of drug-likeness (QED) is 0.320. The molecule has 0 fully saturated rings. The van der Waals surface area contributed by atoms with Crippen LogP contribution in [0.15, 0.2) is 72.9 Å². The number of nitrogens with one attached hydrogen (secondary N) is 1. The zero-order valence-corrected chi connectivity index (χ0v) is 22.1. The van der Waals surface area contributed by atoms with Crippen LogP contribution in [0.5, 0.6) is 0 Å². The molecule has 6 rings (SSSR count). The number of ketones is 1. The highest BCUT2D eigenvalue weighted by Crippen LogP contribution is 2.31. The molecule has 2 N–H and O–H groups in total. The Morgan fingerprint density at radius 2 is 1.84 bits per heavy atom. The van der Waals surface area contributed by atoms with E-state index in [1.807, 2.05) is 55.5 Å². The Kier molecular flexibility index (Phi) is 6.61. The number of aliphatic hydroxyl groups excluding tert-OH is 1. The standard InChI is InChI=1S/C33H29ClN2O2/c1-20-6-2-3-11-30(20)36-31-15-12-22(19-35-31)33(38)27-9-4-8-25-24(27)13-14-26-23-7-5-10-29(34)28(23)18-21(16-17-37)32(25)26/h2-3,5-7,10-15,18-19,21,37H,4,8-9,16-17H2,1H3,(H,35,36). The fraction of sp³-hybridized carbons (Fsp3) is 0.212. The van der Waals surface area contributed by atoms with Gasteiger partial charge < -0.3 is 10.4 Å². The van der Waals surface area contributed by atoms with Crippen LogP contribution in [0.4, 0.5) is 11.5 Å². The van der Waals surface area contributed by atoms with Crippen molar-refractivity contribution in [3.63, 3.8) is 0 Å². The number of para-hydroxylation sites is 1. The van der Waals surface area contributed by atoms with E-state index in [4.69, 9.17) is 11.6 Å². The number of anilines is 2. The largest absolute Gasteiger partial charge is 0.396 e. The lowest BCUT2D eigenvalue weighted by atomic mass is 9.79. The molecule has 1 atom stereocenters. The molecular weight excluding hydrogens is 492 g/mol. The van der Waals surface area contributed by atoms with Crippen molar-refractivity contribution in [1.82, 2.24) is 4.98 Å². The van der Waals surface area contributed by atoms with Crippen molar-refractivity contribution >= 4 is 40.5 Å². The molecule has 2 aliphatic rings. The second kappa shape index (κ2) is 10.2. The predicted molar refractivity (Wildman–Crippen MR) is 153 cm³/mol. The minimum Gasteiger partial charge on any atom is -0.396 e. The molecule has 38 heavy (non-hydrogen) atoms. The summed E-state index contributed by atoms with van der Waals surface area (Å²) in [6.07, 6.45) is 7.05. The van der Waals surface area contributed by atoms with Gasteiger partial charge in [0.1, 0.15) is 5.82 Å². The van der Waals surface area contributed by atoms with E-state index in [0.717, 1.165) is 62.0 Å². The van der Waals surface area contributed by atoms with Crippen molar-refractivity contribution in [3.05, 3.63) is 121 Å². The first-order valence-corrected chi connectivity index (χ1v) is 13.5. The molecule has 0 amide bonds. The smallest absolute Gasteiger partial charge is 0.191 e. The number of carbonyl (C=O) groups is 1. The predicted octanol–water partition coefficient (Wildman–Crippen LogP) is 5.70. The summed E-state index contributed by atoms with van der Waals surface area (Å²) in [5.41, 5.74) is 6.02. The van der Waals surface area contributed by atoms with Crippen molar-refractivity contribution in [2.24, 2.45) is 0 Å². The molecular formula is C33H29ClN2O2. The first kappa shape index (κ1) is 24.6. The van der Waals surface area contributed by atoms with Gasteiger partial charge in [-0.1, -0.05) is 60.1 Å². The average molecular weight is 521 g/mol. The van der Waals surface area contributed by atoms with E-state index in [9.17, 15) is 9.90 Å². The fourth-order valence-corrected chi connectivity index (χ4v) is 6.15. The molecule has 0 radical (unpaired) electrons. The normalized spacial score (nSPS) is 15.7. The van der Waals surface area contributed by atoms with Crippen LogP contribution in [0.1, 0.15) is 52.2 Å². The second-order valence-electron chi connectivity index (χ2n) is 10.1. The summed E-state index contributed by atoms with van der Waals surface area (Å²) in [6.45, 7) is 2.14. The summed E-state index contributed by atoms with van der Waals surface area (Å²) in [7, 11) is 0. The van der Waals surface area contributed by atoms with Crippen LogP contribution >= 0.6 is 11.6 Å². The molecule has 0 bridgehead atoms. The number of pyridine rings is 1. The zero-order valence-electron chi connectivity index (χ0n) is 21.3. The molecule has 5 heteroatoms. The van der Waals surface area contributed by atoms with Crippen molar-refractivity contribution in [1.29, 1.82) is 0 Å². The van der Waals surface area contributed by atoms with Crippen LogP contribution in [-0.4, -0.2) is 22.5 Å². The Morgan fingerprint density at radius 1 is 1.00 bits per heavy atom. The molecule has 2 aliphatic carbocycles. The van der Waals surface area contributed by atoms with Crippen LogP contribution in [0.25, 0.3) is 11.6 Å². The number of nitrogens with zero attached hydrogens (tertiary/aromatic N) is 1. The number of hydrogen-bond donors (Lipinski definition) is 2. The van der Waals surface area contributed by atoms with Gasteiger partial charge in [-0.05, 0) is 94.4 Å². The SMILES string of the molecule is Cc1ccccc1Nc1ccc(C(=O)C2=c3ccc4c(c3CCC2)C(CCO)C=c2c(Cl)cccc2=4)cn1. The van der Waals surface area contributed by atoms with Crippen LogP contribution in [0, 0.1) is 17.4 Å². The summed E-state index contributed by atoms with van der Waals surface area (Å²) >= 11 is 6.56. The molecule has 0 aliphatic heterocycles. The first-order chi connectivity index (χ1) is 18.5. The summed E-state index contributed by atoms with van der Waals surface area (Å²) in [4.78, 5) is 18.3. The molecule has 1 heterocycles. The number of hydrogen-bond acceptors (Lipinski definition) is 4. The van der Waals surface area contributed by atoms with Crippen LogP contribution in [-0.2, 0) is 6.42 Å². The van der Waals surface area contributed by atoms with E-state index < -0.39 is 0 Å². The topological polar surface area (TPSA) is 62.2 Å². The van der Waals surface area contributed by atoms with Gasteiger partial charge in [-0.3, -0.25) is 4.79 Å². The molecule has 0 spiro atoms. The average Bonchev–Trinajstić information content (AvgIpc) is 2.94. The van der Waals surface area contributed by atoms with Gasteiger partial charge in [-0.2, -0.15) is 0 Å². The van der Waals surface area contributed by atoms with Crippen molar-refractivity contribution in [3.8, 4) is 0 Å². The number of halogens is 1. The molecule has 4 nitrogen and oxygen atoms in total. The summed E-state index contributed by atoms with van der Waals surface area (Å²) in [5.74, 6) is 0.793. The van der Waals surface area contributed by atoms with Crippen LogP contribution < -0.4 is 15.8 Å². The molecule has 3 aromatic carbocycles. The van der Waals surface area contributed by atoms with Gasteiger partial charge in [-0.25, -0.2) is 4.98 Å². The highest BCUT2D eigenvalue weighted by atomic mass is 35.5. The molecule has 1 aromatic heterocycles. The first-order valence-electron chi connectivity index (χ1n) is 13.1. The maximum Gasteiger partial charge on any atom is 0.191 e. The second-order valence-corrected chi connectivity index (χ2v) is 10.5. The highest BCUT2D eigenvalue weighted by molar-refractivity contribution is 6.30. The third-order valence-electron chi connectivity index (χ3n) is 7.77. The maximum absolute atomic E-state index is 13.7. The Hall–Kier alpha value is -3.73. The van der Waals surface area contributed by atoms with Crippen LogP contribution in [0.2, 0.25) is 5.02 Å². The third kappa shape index (κ3) is 4.34. The van der Waals surface area contributed by atoms with Gasteiger partial charge in [0.2, 0.25) is 0 Å². The lowest BCUT2D eigenvalue weighted by Crippen LogP contribution is -2.27. The van der Waals surface area contributed by atoms with Gasteiger partial charge in [0, 0.05) is 40.6 Å². The molecule has 4 aromatic rings. The Labute approximate surface area is 226 Å². The Bertz CT molecular complexity index is 1780. The number of Topliss-reactive ketones (excluding diaryl/α,β-unsaturated/α-hetero) is 1. The summed E-state index contributed by atoms with van der Waals surface area (Å²) < 4.78 is 0. The zero-order chi connectivity index (χ0) is 26.2. The van der Waals surface area contributed by atoms with Crippen molar-refractivity contribution in [2.45, 2.75) is 38.5 Å². The van der Waals surface area contributed by atoms with Crippen molar-refractivity contribution < 1.29 is 9.90 Å². The van der Waals surface area contributed by atoms with Gasteiger partial charge >= 0.3 is 0 Å². The fourth-order valence-electron chi connectivity index (χ4n) is 5.91. The highest BCUT2D eigenvalue weighted by Gasteiger charge is 2.24. The van der Waals surface area contributed by atoms with E-state index in [-0.39, 0.29) is 18.3 Å². The number of fused-ring (bicyclic) bond motifs is 4. The van der Waals surface area contributed by atoms with E-state index in [2.05, 4.69) is 34.6 Å². The van der Waals surface area contributed by atoms with E-state index in [1.165, 1.54) is 11.1 Å². The lowest BCUT2D eigenvalue weighted by Gasteiger charge is -2.25. The van der Waals surface area contributed by atoms with E-state index in [1.54, 1.807) is 6.20 Å². The number of aliphatic hydroxyl groups is 1. The Morgan fingerprint density at radius 3 is 2.63 bits per heavy atom. The van der Waals surface area contributed by atoms with Gasteiger partial charge in [0.05, 0.1) is 0 Å². The summed E-state index contributed by atoms with van der Waals surface area (Å²) in [5, 5.41) is 18.3. The monoisotopic (exact) mass is 520 g/mol. The lowest BCUT2D eigenvalue weighted by molar-refractivity contribution is 0.105. The van der Waals surface area contributed by atoms with Gasteiger partial charge in [0.15, 0.2) is 5.78 Å². The number of carbonyl (C=O) groups excluding carboxylic acids is 1. The minimum absolute atomic E-state index is 0.0304. The molecule has 0 saturated carbocycles. The number of benzene rings is 3. The van der Waals surface area contributed by atoms with E-state index in [0.29, 0.717) is 17.8 Å². The maximum atomic E-state index is 13.7. The Balaban J connectivity index is 1.44. The molecule has 190 valence electrons. The molecule has 1 unspecified atom stereocenters. The van der Waals surface area contributed by atoms with E-state index >= 15 is 0 Å². The van der Waals surface area contributed by atoms with Crippen LogP contribution in [0.3, 0.4) is 0 Å². The number of aryl methyl sites for hydroxylation is 1. The van der Waals surface area contributed by atoms with Gasteiger partial charge in [0.25, 0.3) is 0 Å². The summed E-state index contributed by atoms with van der Waals surface area (Å²) in [6, 6.07) is 22.0. The number of rotatable bonds is 6.